The van der Waals surface area contributed by atoms with Crippen molar-refractivity contribution in [2.75, 3.05) is 71.6 Å². The molecule has 0 aliphatic carbocycles. The first-order chi connectivity index (χ1) is 13.0. The Kier molecular flexibility index (Phi) is 6.66. The molecule has 0 unspecified atom stereocenters. The van der Waals surface area contributed by atoms with Gasteiger partial charge in [0, 0.05) is 18.8 Å². The number of amides is 1. The van der Waals surface area contributed by atoms with Gasteiger partial charge in [0.05, 0.1) is 33.5 Å². The Labute approximate surface area is 159 Å². The number of hydrogen-bond acceptors (Lipinski definition) is 6. The third-order valence-corrected chi connectivity index (χ3v) is 6.57. The van der Waals surface area contributed by atoms with Gasteiger partial charge in [-0.3, -0.25) is 4.79 Å². The molecule has 1 aromatic carbocycles. The van der Waals surface area contributed by atoms with Crippen LogP contribution in [-0.2, 0) is 24.3 Å². The van der Waals surface area contributed by atoms with Crippen molar-refractivity contribution in [1.82, 2.24) is 4.31 Å². The van der Waals surface area contributed by atoms with Crippen LogP contribution in [0.5, 0.6) is 5.75 Å². The van der Waals surface area contributed by atoms with Gasteiger partial charge in [-0.2, -0.15) is 4.31 Å². The number of hydrogen-bond donors (Lipinski definition) is 2. The minimum absolute atomic E-state index is 0.0448. The summed E-state index contributed by atoms with van der Waals surface area (Å²) in [5.74, 6) is 0.0880. The summed E-state index contributed by atoms with van der Waals surface area (Å²) < 4.78 is 43.1. The Morgan fingerprint density at radius 1 is 1.19 bits per heavy atom. The summed E-state index contributed by atoms with van der Waals surface area (Å²) >= 11 is 0. The van der Waals surface area contributed by atoms with Crippen molar-refractivity contribution < 1.29 is 32.3 Å². The molecular weight excluding hydrogens is 374 g/mol. The van der Waals surface area contributed by atoms with Gasteiger partial charge in [-0.25, -0.2) is 8.42 Å². The maximum absolute atomic E-state index is 13.0. The number of rotatable bonds is 6. The molecule has 0 atom stereocenters. The van der Waals surface area contributed by atoms with Crippen molar-refractivity contribution >= 4 is 21.6 Å². The Hall–Kier alpha value is -1.72. The monoisotopic (exact) mass is 400 g/mol. The molecule has 2 aliphatic heterocycles. The first-order valence-corrected chi connectivity index (χ1v) is 10.4. The molecule has 9 nitrogen and oxygen atoms in total. The molecule has 1 amide bonds. The fourth-order valence-corrected chi connectivity index (χ4v) is 4.74. The largest absolute Gasteiger partial charge is 0.495 e. The summed E-state index contributed by atoms with van der Waals surface area (Å²) in [6, 6.07) is 4.66. The third-order valence-electron chi connectivity index (χ3n) is 4.65. The van der Waals surface area contributed by atoms with Gasteiger partial charge in [-0.15, -0.1) is 0 Å². The SMILES string of the molecule is COc1ccc(NC(=O)C[NH+]2CCOCC2)cc1S(=O)(=O)N1CCOCC1. The van der Waals surface area contributed by atoms with E-state index < -0.39 is 10.0 Å². The predicted octanol–water partition coefficient (Wildman–Crippen LogP) is -1.43. The van der Waals surface area contributed by atoms with Crippen molar-refractivity contribution in [3.05, 3.63) is 18.2 Å². The number of sulfonamides is 1. The van der Waals surface area contributed by atoms with E-state index in [2.05, 4.69) is 5.32 Å². The molecule has 0 aromatic heterocycles. The zero-order chi connectivity index (χ0) is 19.3. The van der Waals surface area contributed by atoms with Crippen LogP contribution in [0, 0.1) is 0 Å². The van der Waals surface area contributed by atoms with Crippen molar-refractivity contribution in [3.8, 4) is 5.75 Å². The molecule has 150 valence electrons. The Bertz CT molecular complexity index is 758. The number of nitrogens with one attached hydrogen (secondary N) is 2. The summed E-state index contributed by atoms with van der Waals surface area (Å²) in [5, 5.41) is 2.79. The zero-order valence-corrected chi connectivity index (χ0v) is 16.2. The highest BCUT2D eigenvalue weighted by atomic mass is 32.2. The number of carbonyl (C=O) groups is 1. The van der Waals surface area contributed by atoms with Gasteiger partial charge in [0.2, 0.25) is 10.0 Å². The topological polar surface area (TPSA) is 98.6 Å². The molecular formula is C17H26N3O6S+. The normalized spacial score (nSPS) is 19.6. The number of methoxy groups -OCH3 is 1. The molecule has 2 N–H and O–H groups in total. The molecule has 2 aliphatic rings. The number of anilines is 1. The second-order valence-electron chi connectivity index (χ2n) is 6.47. The second kappa shape index (κ2) is 8.98. The number of nitrogens with zero attached hydrogens (tertiary/aromatic N) is 1. The van der Waals surface area contributed by atoms with Gasteiger partial charge in [0.1, 0.15) is 23.7 Å². The molecule has 2 heterocycles. The highest BCUT2D eigenvalue weighted by Gasteiger charge is 2.29. The molecule has 0 radical (unpaired) electrons. The zero-order valence-electron chi connectivity index (χ0n) is 15.4. The number of ether oxygens (including phenoxy) is 3. The summed E-state index contributed by atoms with van der Waals surface area (Å²) in [6.45, 7) is 4.49. The maximum atomic E-state index is 13.0. The molecule has 0 bridgehead atoms. The smallest absolute Gasteiger partial charge is 0.279 e. The van der Waals surface area contributed by atoms with Crippen LogP contribution in [0.2, 0.25) is 0 Å². The number of carbonyl (C=O) groups excluding carboxylic acids is 1. The highest BCUT2D eigenvalue weighted by molar-refractivity contribution is 7.89. The van der Waals surface area contributed by atoms with Crippen LogP contribution in [-0.4, -0.2) is 84.9 Å². The van der Waals surface area contributed by atoms with E-state index in [-0.39, 0.29) is 16.6 Å². The standard InChI is InChI=1S/C17H25N3O6S/c1-24-15-3-2-14(18-17(21)13-19-4-8-25-9-5-19)12-16(15)27(22,23)20-6-10-26-11-7-20/h2-3,12H,4-11,13H2,1H3,(H,18,21)/p+1. The summed E-state index contributed by atoms with van der Waals surface area (Å²) in [5.41, 5.74) is 0.431. The second-order valence-corrected chi connectivity index (χ2v) is 8.38. The van der Waals surface area contributed by atoms with Gasteiger partial charge in [0.25, 0.3) is 5.91 Å². The lowest BCUT2D eigenvalue weighted by atomic mass is 10.3. The van der Waals surface area contributed by atoms with Crippen LogP contribution in [0.4, 0.5) is 5.69 Å². The Balaban J connectivity index is 1.75. The summed E-state index contributed by atoms with van der Waals surface area (Å²) in [6.07, 6.45) is 0. The Morgan fingerprint density at radius 2 is 1.85 bits per heavy atom. The van der Waals surface area contributed by atoms with Gasteiger partial charge >= 0.3 is 0 Å². The van der Waals surface area contributed by atoms with E-state index in [9.17, 15) is 13.2 Å². The van der Waals surface area contributed by atoms with Crippen LogP contribution >= 0.6 is 0 Å². The molecule has 2 fully saturated rings. The summed E-state index contributed by atoms with van der Waals surface area (Å²) in [7, 11) is -2.31. The first kappa shape index (κ1) is 20.0. The fraction of sp³-hybridized carbons (Fsp3) is 0.588. The van der Waals surface area contributed by atoms with Crippen LogP contribution in [0.1, 0.15) is 0 Å². The van der Waals surface area contributed by atoms with Crippen molar-refractivity contribution in [2.24, 2.45) is 0 Å². The average molecular weight is 400 g/mol. The van der Waals surface area contributed by atoms with Crippen LogP contribution < -0.4 is 15.0 Å². The van der Waals surface area contributed by atoms with E-state index in [1.165, 1.54) is 17.5 Å². The lowest BCUT2D eigenvalue weighted by Gasteiger charge is -2.27. The van der Waals surface area contributed by atoms with E-state index in [4.69, 9.17) is 14.2 Å². The molecule has 0 saturated carbocycles. The van der Waals surface area contributed by atoms with Gasteiger partial charge < -0.3 is 24.4 Å². The predicted molar refractivity (Wildman–Crippen MR) is 97.6 cm³/mol. The summed E-state index contributed by atoms with van der Waals surface area (Å²) in [4.78, 5) is 13.5. The van der Waals surface area contributed by atoms with Crippen molar-refractivity contribution in [3.63, 3.8) is 0 Å². The molecule has 27 heavy (non-hydrogen) atoms. The average Bonchev–Trinajstić information content (AvgIpc) is 2.69. The molecule has 0 spiro atoms. The lowest BCUT2D eigenvalue weighted by molar-refractivity contribution is -0.899. The van der Waals surface area contributed by atoms with Crippen LogP contribution in [0.15, 0.2) is 23.1 Å². The molecule has 3 rings (SSSR count). The molecule has 2 saturated heterocycles. The first-order valence-electron chi connectivity index (χ1n) is 8.98. The van der Waals surface area contributed by atoms with Crippen molar-refractivity contribution in [2.45, 2.75) is 4.90 Å². The Morgan fingerprint density at radius 3 is 2.52 bits per heavy atom. The fourth-order valence-electron chi connectivity index (χ4n) is 3.15. The van der Waals surface area contributed by atoms with E-state index in [1.807, 2.05) is 0 Å². The molecule has 10 heteroatoms. The van der Waals surface area contributed by atoms with Gasteiger partial charge in [-0.05, 0) is 18.2 Å². The van der Waals surface area contributed by atoms with E-state index in [0.717, 1.165) is 18.0 Å². The van der Waals surface area contributed by atoms with Crippen LogP contribution in [0.3, 0.4) is 0 Å². The van der Waals surface area contributed by atoms with E-state index in [0.29, 0.717) is 51.7 Å². The number of benzene rings is 1. The highest BCUT2D eigenvalue weighted by Crippen LogP contribution is 2.30. The van der Waals surface area contributed by atoms with Crippen LogP contribution in [0.25, 0.3) is 0 Å². The third kappa shape index (κ3) is 4.96. The van der Waals surface area contributed by atoms with E-state index >= 15 is 0 Å². The van der Waals surface area contributed by atoms with Crippen molar-refractivity contribution in [1.29, 1.82) is 0 Å². The van der Waals surface area contributed by atoms with Gasteiger partial charge in [0.15, 0.2) is 6.54 Å². The van der Waals surface area contributed by atoms with Gasteiger partial charge in [-0.1, -0.05) is 0 Å². The lowest BCUT2D eigenvalue weighted by Crippen LogP contribution is -3.15. The minimum Gasteiger partial charge on any atom is -0.495 e. The quantitative estimate of drug-likeness (QED) is 0.608. The van der Waals surface area contributed by atoms with E-state index in [1.54, 1.807) is 12.1 Å². The molecule has 1 aromatic rings. The number of quaternary nitrogens is 1. The maximum Gasteiger partial charge on any atom is 0.279 e. The minimum atomic E-state index is -3.73. The number of morpholine rings is 2.